The van der Waals surface area contributed by atoms with Crippen LogP contribution in [0, 0.1) is 40.4 Å². The van der Waals surface area contributed by atoms with Crippen LogP contribution < -0.4 is 0 Å². The second kappa shape index (κ2) is 8.13. The lowest BCUT2D eigenvalue weighted by Crippen LogP contribution is -2.52. The number of hydrogen-bond acceptors (Lipinski definition) is 3. The summed E-state index contributed by atoms with van der Waals surface area (Å²) in [6.45, 7) is 11.5. The van der Waals surface area contributed by atoms with Crippen molar-refractivity contribution >= 4 is 0 Å². The lowest BCUT2D eigenvalue weighted by Gasteiger charge is -2.59. The Morgan fingerprint density at radius 2 is 1.81 bits per heavy atom. The van der Waals surface area contributed by atoms with E-state index in [9.17, 15) is 15.3 Å². The third kappa shape index (κ3) is 4.17. The molecule has 9 atom stereocenters. The van der Waals surface area contributed by atoms with Gasteiger partial charge in [-0.05, 0) is 125 Å². The first-order valence-corrected chi connectivity index (χ1v) is 13.2. The molecular formula is C28H48O3. The van der Waals surface area contributed by atoms with Crippen LogP contribution in [-0.4, -0.2) is 33.1 Å². The van der Waals surface area contributed by atoms with Gasteiger partial charge in [-0.25, -0.2) is 0 Å². The maximum atomic E-state index is 10.7. The quantitative estimate of drug-likeness (QED) is 0.460. The fourth-order valence-electron chi connectivity index (χ4n) is 8.89. The molecule has 0 aromatic heterocycles. The molecule has 0 aliphatic heterocycles. The molecule has 0 amide bonds. The van der Waals surface area contributed by atoms with Crippen molar-refractivity contribution in [2.24, 2.45) is 40.4 Å². The summed E-state index contributed by atoms with van der Waals surface area (Å²) in [5.74, 6) is 3.82. The van der Waals surface area contributed by atoms with E-state index in [1.807, 2.05) is 13.8 Å². The van der Waals surface area contributed by atoms with Crippen molar-refractivity contribution in [3.05, 3.63) is 11.6 Å². The summed E-state index contributed by atoms with van der Waals surface area (Å²) in [4.78, 5) is 0. The number of aliphatic hydroxyl groups is 3. The minimum Gasteiger partial charge on any atom is -0.396 e. The van der Waals surface area contributed by atoms with E-state index in [1.54, 1.807) is 5.57 Å². The van der Waals surface area contributed by atoms with Gasteiger partial charge in [0.25, 0.3) is 0 Å². The van der Waals surface area contributed by atoms with Gasteiger partial charge in [-0.2, -0.15) is 0 Å². The summed E-state index contributed by atoms with van der Waals surface area (Å²) in [5, 5.41) is 30.5. The third-order valence-corrected chi connectivity index (χ3v) is 10.9. The summed E-state index contributed by atoms with van der Waals surface area (Å²) >= 11 is 0. The molecular weight excluding hydrogens is 384 g/mol. The van der Waals surface area contributed by atoms with E-state index in [0.29, 0.717) is 23.2 Å². The van der Waals surface area contributed by atoms with Crippen LogP contribution in [0.4, 0.5) is 0 Å². The zero-order valence-corrected chi connectivity index (χ0v) is 20.8. The van der Waals surface area contributed by atoms with Crippen molar-refractivity contribution in [1.29, 1.82) is 0 Å². The summed E-state index contributed by atoms with van der Waals surface area (Å²) < 4.78 is 0. The molecule has 178 valence electrons. The van der Waals surface area contributed by atoms with Crippen molar-refractivity contribution in [1.82, 2.24) is 0 Å². The van der Waals surface area contributed by atoms with Crippen molar-refractivity contribution in [3.63, 3.8) is 0 Å². The third-order valence-electron chi connectivity index (χ3n) is 10.9. The molecule has 3 nitrogen and oxygen atoms in total. The van der Waals surface area contributed by atoms with Gasteiger partial charge in [-0.1, -0.05) is 32.4 Å². The Bertz CT molecular complexity index is 694. The maximum absolute atomic E-state index is 10.7. The zero-order chi connectivity index (χ0) is 22.7. The molecule has 3 fully saturated rings. The lowest BCUT2D eigenvalue weighted by atomic mass is 9.46. The molecule has 2 unspecified atom stereocenters. The highest BCUT2D eigenvalue weighted by atomic mass is 16.3. The SMILES string of the molecule is C[C@H](CCC(C)(O)CCO)[C@H]1CCC2[C@@H]3CC=C4C[C@@](C)(O)CC[C@]4(C)[C@H]3CC[C@@]21C. The zero-order valence-electron chi connectivity index (χ0n) is 20.8. The van der Waals surface area contributed by atoms with Crippen LogP contribution >= 0.6 is 0 Å². The van der Waals surface area contributed by atoms with Gasteiger partial charge in [0.2, 0.25) is 0 Å². The topological polar surface area (TPSA) is 60.7 Å². The normalized spacial score (nSPS) is 47.5. The highest BCUT2D eigenvalue weighted by Gasteiger charge is 2.59. The number of aliphatic hydroxyl groups excluding tert-OH is 1. The van der Waals surface area contributed by atoms with E-state index >= 15 is 0 Å². The molecule has 31 heavy (non-hydrogen) atoms. The molecule has 3 saturated carbocycles. The van der Waals surface area contributed by atoms with Gasteiger partial charge in [0, 0.05) is 6.61 Å². The van der Waals surface area contributed by atoms with E-state index < -0.39 is 11.2 Å². The lowest BCUT2D eigenvalue weighted by molar-refractivity contribution is -0.0716. The van der Waals surface area contributed by atoms with Gasteiger partial charge in [0.1, 0.15) is 0 Å². The molecule has 4 aliphatic rings. The number of hydrogen-bond donors (Lipinski definition) is 3. The number of rotatable bonds is 6. The number of fused-ring (bicyclic) bond motifs is 5. The minimum atomic E-state index is -0.735. The summed E-state index contributed by atoms with van der Waals surface area (Å²) in [5.41, 5.74) is 1.06. The minimum absolute atomic E-state index is 0.0668. The molecule has 3 N–H and O–H groups in total. The Morgan fingerprint density at radius 3 is 2.52 bits per heavy atom. The predicted octanol–water partition coefficient (Wildman–Crippen LogP) is 5.87. The largest absolute Gasteiger partial charge is 0.396 e. The summed E-state index contributed by atoms with van der Waals surface area (Å²) in [7, 11) is 0. The predicted molar refractivity (Wildman–Crippen MR) is 127 cm³/mol. The van der Waals surface area contributed by atoms with Crippen LogP contribution in [0.15, 0.2) is 11.6 Å². The van der Waals surface area contributed by atoms with E-state index in [4.69, 9.17) is 0 Å². The Balaban J connectivity index is 1.48. The highest BCUT2D eigenvalue weighted by molar-refractivity contribution is 5.26. The van der Waals surface area contributed by atoms with Gasteiger partial charge in [0.05, 0.1) is 11.2 Å². The first kappa shape index (κ1) is 23.8. The van der Waals surface area contributed by atoms with Gasteiger partial charge in [-0.3, -0.25) is 0 Å². The first-order valence-electron chi connectivity index (χ1n) is 13.2. The smallest absolute Gasteiger partial charge is 0.0657 e. The van der Waals surface area contributed by atoms with Crippen LogP contribution in [0.25, 0.3) is 0 Å². The van der Waals surface area contributed by atoms with E-state index in [0.717, 1.165) is 55.8 Å². The van der Waals surface area contributed by atoms with Crippen molar-refractivity contribution in [2.75, 3.05) is 6.61 Å². The molecule has 0 heterocycles. The monoisotopic (exact) mass is 432 g/mol. The van der Waals surface area contributed by atoms with Crippen molar-refractivity contribution in [3.8, 4) is 0 Å². The molecule has 0 aromatic carbocycles. The second-order valence-corrected chi connectivity index (χ2v) is 13.1. The van der Waals surface area contributed by atoms with Gasteiger partial charge in [-0.15, -0.1) is 0 Å². The standard InChI is InChI=1S/C28H48O3/c1-19(10-12-25(2,30)16-17-29)22-8-9-23-21-7-6-20-18-26(3,31)14-15-27(20,4)24(21)11-13-28(22,23)5/h6,19,21-24,29-31H,7-18H2,1-5H3/t19-,21+,22-,23?,24+,25?,26+,27+,28-/m1/s1. The first-order chi connectivity index (χ1) is 14.4. The van der Waals surface area contributed by atoms with Crippen LogP contribution in [0.3, 0.4) is 0 Å². The Kier molecular flexibility index (Phi) is 6.24. The molecule has 0 spiro atoms. The van der Waals surface area contributed by atoms with Gasteiger partial charge in [0.15, 0.2) is 0 Å². The van der Waals surface area contributed by atoms with Crippen LogP contribution in [0.2, 0.25) is 0 Å². The van der Waals surface area contributed by atoms with Crippen molar-refractivity contribution in [2.45, 2.75) is 116 Å². The molecule has 0 radical (unpaired) electrons. The van der Waals surface area contributed by atoms with E-state index in [2.05, 4.69) is 26.8 Å². The molecule has 0 bridgehead atoms. The van der Waals surface area contributed by atoms with E-state index in [-0.39, 0.29) is 6.61 Å². The molecule has 0 aromatic rings. The fourth-order valence-corrected chi connectivity index (χ4v) is 8.89. The molecule has 4 aliphatic carbocycles. The summed E-state index contributed by atoms with van der Waals surface area (Å²) in [6, 6.07) is 0. The van der Waals surface area contributed by atoms with Crippen LogP contribution in [-0.2, 0) is 0 Å². The van der Waals surface area contributed by atoms with Gasteiger partial charge < -0.3 is 15.3 Å². The average Bonchev–Trinajstić information content (AvgIpc) is 3.04. The fraction of sp³-hybridized carbons (Fsp3) is 0.929. The maximum Gasteiger partial charge on any atom is 0.0657 e. The summed E-state index contributed by atoms with van der Waals surface area (Å²) in [6.07, 6.45) is 14.5. The van der Waals surface area contributed by atoms with Crippen LogP contribution in [0.1, 0.15) is 105 Å². The Hall–Kier alpha value is -0.380. The van der Waals surface area contributed by atoms with E-state index in [1.165, 1.54) is 32.1 Å². The van der Waals surface area contributed by atoms with Crippen LogP contribution in [0.5, 0.6) is 0 Å². The van der Waals surface area contributed by atoms with Crippen molar-refractivity contribution < 1.29 is 15.3 Å². The molecule has 4 rings (SSSR count). The highest BCUT2D eigenvalue weighted by Crippen LogP contribution is 2.67. The molecule has 3 heteroatoms. The van der Waals surface area contributed by atoms with Gasteiger partial charge >= 0.3 is 0 Å². The second-order valence-electron chi connectivity index (χ2n) is 13.1. The Labute approximate surface area is 190 Å². The average molecular weight is 433 g/mol. The number of allylic oxidation sites excluding steroid dienone is 1. The molecule has 0 saturated heterocycles. The Morgan fingerprint density at radius 1 is 1.06 bits per heavy atom.